The molecule has 1 aromatic rings. The molecular formula is C19H24Cl2N2O2. The molecule has 1 saturated carbocycles. The van der Waals surface area contributed by atoms with Crippen molar-refractivity contribution in [2.24, 2.45) is 11.8 Å². The van der Waals surface area contributed by atoms with Crippen LogP contribution in [-0.2, 0) is 9.59 Å². The van der Waals surface area contributed by atoms with Gasteiger partial charge in [0.15, 0.2) is 0 Å². The molecule has 0 atom stereocenters. The molecule has 2 aliphatic rings. The zero-order valence-electron chi connectivity index (χ0n) is 14.3. The first kappa shape index (κ1) is 18.5. The van der Waals surface area contributed by atoms with Gasteiger partial charge in [-0.15, -0.1) is 0 Å². The van der Waals surface area contributed by atoms with E-state index in [2.05, 4.69) is 5.32 Å². The maximum atomic E-state index is 12.6. The van der Waals surface area contributed by atoms with E-state index in [1.807, 2.05) is 4.90 Å². The highest BCUT2D eigenvalue weighted by Crippen LogP contribution is 2.29. The number of anilines is 1. The Labute approximate surface area is 158 Å². The summed E-state index contributed by atoms with van der Waals surface area (Å²) >= 11 is 11.9. The molecule has 4 nitrogen and oxygen atoms in total. The fourth-order valence-corrected chi connectivity index (χ4v) is 4.09. The first-order valence-electron chi connectivity index (χ1n) is 9.09. The largest absolute Gasteiger partial charge is 0.342 e. The van der Waals surface area contributed by atoms with Gasteiger partial charge in [0.05, 0.1) is 10.0 Å². The molecule has 25 heavy (non-hydrogen) atoms. The van der Waals surface area contributed by atoms with Gasteiger partial charge in [-0.25, -0.2) is 0 Å². The molecule has 0 unspecified atom stereocenters. The number of rotatable bonds is 3. The van der Waals surface area contributed by atoms with E-state index in [0.29, 0.717) is 47.6 Å². The van der Waals surface area contributed by atoms with Crippen LogP contribution in [0, 0.1) is 11.8 Å². The average Bonchev–Trinajstić information content (AvgIpc) is 2.65. The predicted octanol–water partition coefficient (Wildman–Crippen LogP) is 4.75. The summed E-state index contributed by atoms with van der Waals surface area (Å²) in [6.45, 7) is 1.35. The van der Waals surface area contributed by atoms with E-state index in [0.717, 1.165) is 12.8 Å². The Morgan fingerprint density at radius 1 is 0.920 bits per heavy atom. The third-order valence-corrected chi connectivity index (χ3v) is 6.06. The summed E-state index contributed by atoms with van der Waals surface area (Å²) in [4.78, 5) is 27.0. The minimum atomic E-state index is -0.0649. The van der Waals surface area contributed by atoms with Gasteiger partial charge in [0.1, 0.15) is 0 Å². The smallest absolute Gasteiger partial charge is 0.227 e. The quantitative estimate of drug-likeness (QED) is 0.819. The lowest BCUT2D eigenvalue weighted by Gasteiger charge is -2.34. The van der Waals surface area contributed by atoms with Crippen molar-refractivity contribution in [3.05, 3.63) is 28.2 Å². The van der Waals surface area contributed by atoms with Gasteiger partial charge in [-0.1, -0.05) is 42.5 Å². The second-order valence-corrected chi connectivity index (χ2v) is 7.87. The molecule has 1 aliphatic heterocycles. The summed E-state index contributed by atoms with van der Waals surface area (Å²) in [5.74, 6) is 0.423. The predicted molar refractivity (Wildman–Crippen MR) is 101 cm³/mol. The molecule has 0 bridgehead atoms. The minimum absolute atomic E-state index is 0.0110. The van der Waals surface area contributed by atoms with Gasteiger partial charge in [0.2, 0.25) is 11.8 Å². The van der Waals surface area contributed by atoms with Crippen molar-refractivity contribution >= 4 is 40.7 Å². The summed E-state index contributed by atoms with van der Waals surface area (Å²) in [5.41, 5.74) is 0.653. The molecule has 2 fully saturated rings. The lowest BCUT2D eigenvalue weighted by Crippen LogP contribution is -2.44. The lowest BCUT2D eigenvalue weighted by atomic mass is 9.87. The summed E-state index contributed by atoms with van der Waals surface area (Å²) < 4.78 is 0. The van der Waals surface area contributed by atoms with Gasteiger partial charge in [0.25, 0.3) is 0 Å². The fraction of sp³-hybridized carbons (Fsp3) is 0.579. The van der Waals surface area contributed by atoms with Crippen LogP contribution in [0.5, 0.6) is 0 Å². The highest BCUT2D eigenvalue weighted by Gasteiger charge is 2.31. The van der Waals surface area contributed by atoms with Crippen LogP contribution >= 0.6 is 23.2 Å². The van der Waals surface area contributed by atoms with Gasteiger partial charge in [-0.2, -0.15) is 0 Å². The van der Waals surface area contributed by atoms with Crippen LogP contribution in [0.15, 0.2) is 18.2 Å². The molecule has 0 spiro atoms. The van der Waals surface area contributed by atoms with Crippen LogP contribution in [0.25, 0.3) is 0 Å². The van der Waals surface area contributed by atoms with Crippen molar-refractivity contribution in [2.75, 3.05) is 18.4 Å². The molecule has 2 amide bonds. The van der Waals surface area contributed by atoms with E-state index in [1.165, 1.54) is 19.3 Å². The highest BCUT2D eigenvalue weighted by molar-refractivity contribution is 6.42. The second-order valence-electron chi connectivity index (χ2n) is 7.05. The number of nitrogens with zero attached hydrogens (tertiary/aromatic N) is 1. The van der Waals surface area contributed by atoms with Crippen molar-refractivity contribution in [2.45, 2.75) is 44.9 Å². The Kier molecular flexibility index (Phi) is 6.24. The highest BCUT2D eigenvalue weighted by atomic mass is 35.5. The van der Waals surface area contributed by atoms with Gasteiger partial charge >= 0.3 is 0 Å². The van der Waals surface area contributed by atoms with Crippen molar-refractivity contribution in [3.63, 3.8) is 0 Å². The Morgan fingerprint density at radius 3 is 2.24 bits per heavy atom. The number of benzene rings is 1. The maximum Gasteiger partial charge on any atom is 0.227 e. The maximum absolute atomic E-state index is 12.6. The summed E-state index contributed by atoms with van der Waals surface area (Å²) in [6, 6.07) is 5.07. The average molecular weight is 383 g/mol. The van der Waals surface area contributed by atoms with Gasteiger partial charge in [-0.05, 0) is 43.9 Å². The van der Waals surface area contributed by atoms with E-state index < -0.39 is 0 Å². The van der Waals surface area contributed by atoms with Crippen LogP contribution in [0.4, 0.5) is 5.69 Å². The summed E-state index contributed by atoms with van der Waals surface area (Å²) in [5, 5.41) is 3.79. The molecular weight excluding hydrogens is 359 g/mol. The van der Waals surface area contributed by atoms with Crippen molar-refractivity contribution < 1.29 is 9.59 Å². The molecule has 0 aromatic heterocycles. The molecule has 1 aliphatic carbocycles. The van der Waals surface area contributed by atoms with Crippen LogP contribution in [-0.4, -0.2) is 29.8 Å². The number of piperidine rings is 1. The molecule has 1 heterocycles. The molecule has 1 aromatic carbocycles. The second kappa shape index (κ2) is 8.41. The van der Waals surface area contributed by atoms with Crippen molar-refractivity contribution in [3.8, 4) is 0 Å². The van der Waals surface area contributed by atoms with Crippen LogP contribution in [0.1, 0.15) is 44.9 Å². The van der Waals surface area contributed by atoms with E-state index in [-0.39, 0.29) is 17.7 Å². The number of hydrogen-bond acceptors (Lipinski definition) is 2. The number of carbonyl (C=O) groups excluding carboxylic acids is 2. The molecule has 3 rings (SSSR count). The van der Waals surface area contributed by atoms with E-state index >= 15 is 0 Å². The normalized spacial score (nSPS) is 19.7. The van der Waals surface area contributed by atoms with E-state index in [9.17, 15) is 9.59 Å². The van der Waals surface area contributed by atoms with Crippen molar-refractivity contribution in [1.82, 2.24) is 4.90 Å². The molecule has 1 N–H and O–H groups in total. The zero-order valence-corrected chi connectivity index (χ0v) is 15.8. The minimum Gasteiger partial charge on any atom is -0.342 e. The first-order valence-corrected chi connectivity index (χ1v) is 9.85. The summed E-state index contributed by atoms with van der Waals surface area (Å²) in [7, 11) is 0. The Hall–Kier alpha value is -1.26. The van der Waals surface area contributed by atoms with Gasteiger partial charge in [0, 0.05) is 30.6 Å². The zero-order chi connectivity index (χ0) is 17.8. The first-order chi connectivity index (χ1) is 12.0. The van der Waals surface area contributed by atoms with Gasteiger partial charge < -0.3 is 10.2 Å². The number of nitrogens with one attached hydrogen (secondary N) is 1. The van der Waals surface area contributed by atoms with Crippen molar-refractivity contribution in [1.29, 1.82) is 0 Å². The van der Waals surface area contributed by atoms with Crippen LogP contribution in [0.2, 0.25) is 10.0 Å². The van der Waals surface area contributed by atoms with Crippen LogP contribution < -0.4 is 5.32 Å². The standard InChI is InChI=1S/C19H24Cl2N2O2/c20-16-7-6-15(12-17(16)21)22-18(24)13-8-10-23(11-9-13)19(25)14-4-2-1-3-5-14/h6-7,12-14H,1-5,8-11H2,(H,22,24). The summed E-state index contributed by atoms with van der Waals surface area (Å²) in [6.07, 6.45) is 7.06. The Balaban J connectivity index is 1.50. The van der Waals surface area contributed by atoms with Crippen LogP contribution in [0.3, 0.4) is 0 Å². The van der Waals surface area contributed by atoms with E-state index in [4.69, 9.17) is 23.2 Å². The molecule has 0 radical (unpaired) electrons. The molecule has 136 valence electrons. The molecule has 6 heteroatoms. The third kappa shape index (κ3) is 4.68. The third-order valence-electron chi connectivity index (χ3n) is 5.32. The number of likely N-dealkylation sites (tertiary alicyclic amines) is 1. The lowest BCUT2D eigenvalue weighted by molar-refractivity contribution is -0.139. The Bertz CT molecular complexity index is 636. The monoisotopic (exact) mass is 382 g/mol. The SMILES string of the molecule is O=C(Nc1ccc(Cl)c(Cl)c1)C1CCN(C(=O)C2CCCCC2)CC1. The number of carbonyl (C=O) groups is 2. The molecule has 1 saturated heterocycles. The fourth-order valence-electron chi connectivity index (χ4n) is 3.79. The number of hydrogen-bond donors (Lipinski definition) is 1. The number of amides is 2. The Morgan fingerprint density at radius 2 is 1.60 bits per heavy atom. The van der Waals surface area contributed by atoms with Gasteiger partial charge in [-0.3, -0.25) is 9.59 Å². The topological polar surface area (TPSA) is 49.4 Å². The van der Waals surface area contributed by atoms with E-state index in [1.54, 1.807) is 18.2 Å². The number of halogens is 2.